The van der Waals surface area contributed by atoms with Gasteiger partial charge in [0, 0.05) is 6.07 Å². The first-order chi connectivity index (χ1) is 11.4. The van der Waals surface area contributed by atoms with Gasteiger partial charge in [0.2, 0.25) is 5.82 Å². The Morgan fingerprint density at radius 3 is 2.44 bits per heavy atom. The van der Waals surface area contributed by atoms with Gasteiger partial charge in [-0.25, -0.2) is 15.1 Å². The molecule has 0 fully saturated rings. The van der Waals surface area contributed by atoms with E-state index in [0.717, 1.165) is 5.82 Å². The van der Waals surface area contributed by atoms with Crippen molar-refractivity contribution in [2.75, 3.05) is 23.0 Å². The number of benzene rings is 1. The molecule has 5 N–H and O–H groups in total. The van der Waals surface area contributed by atoms with Crippen LogP contribution in [0.4, 0.5) is 22.1 Å². The maximum absolute atomic E-state index is 11.5. The van der Waals surface area contributed by atoms with Gasteiger partial charge in [-0.05, 0) is 50.5 Å². The van der Waals surface area contributed by atoms with Gasteiger partial charge in [-0.15, -0.1) is 0 Å². The van der Waals surface area contributed by atoms with E-state index in [2.05, 4.69) is 48.5 Å². The Kier molecular flexibility index (Phi) is 7.51. The maximum atomic E-state index is 11.5. The molecule has 0 spiro atoms. The number of rotatable bonds is 5. The van der Waals surface area contributed by atoms with Gasteiger partial charge < -0.3 is 28.2 Å². The van der Waals surface area contributed by atoms with Gasteiger partial charge in [-0.1, -0.05) is 17.7 Å². The molecule has 6 nitrogen and oxygen atoms in total. The Morgan fingerprint density at radius 2 is 1.84 bits per heavy atom. The van der Waals surface area contributed by atoms with Crippen LogP contribution < -0.4 is 33.8 Å². The number of hydrogen-bond acceptors (Lipinski definition) is 4. The van der Waals surface area contributed by atoms with Gasteiger partial charge in [-0.2, -0.15) is 0 Å². The monoisotopic (exact) mass is 364 g/mol. The lowest BCUT2D eigenvalue weighted by Gasteiger charge is -2.11. The standard InChI is InChI=1S/C18H24N4O2.ClH/c1-5-24-18(23)22-17-15(19)6-7-16(21-17)20-10-14-12(3)8-11(2)9-13(14)4;/h6-9H,5,10,19H2,1-4H3,(H2,20,21,22,23);1H. The maximum Gasteiger partial charge on any atom is 0.473 e. The summed E-state index contributed by atoms with van der Waals surface area (Å²) in [4.78, 5) is 14.6. The molecule has 136 valence electrons. The van der Waals surface area contributed by atoms with Crippen molar-refractivity contribution in [3.05, 3.63) is 46.5 Å². The second-order valence-corrected chi connectivity index (χ2v) is 5.78. The minimum Gasteiger partial charge on any atom is -1.00 e. The summed E-state index contributed by atoms with van der Waals surface area (Å²) in [6.45, 7) is 9.04. The van der Waals surface area contributed by atoms with Crippen molar-refractivity contribution in [2.24, 2.45) is 0 Å². The molecule has 7 heteroatoms. The fraction of sp³-hybridized carbons (Fsp3) is 0.333. The molecule has 0 bridgehead atoms. The molecular formula is C18H25ClN4O2. The van der Waals surface area contributed by atoms with Crippen LogP contribution in [0, 0.1) is 20.8 Å². The number of carbonyl (C=O) groups is 1. The van der Waals surface area contributed by atoms with Gasteiger partial charge in [0.1, 0.15) is 5.69 Å². The molecule has 0 aliphatic carbocycles. The molecular weight excluding hydrogens is 340 g/mol. The number of aromatic amines is 1. The van der Waals surface area contributed by atoms with Crippen molar-refractivity contribution in [2.45, 2.75) is 34.2 Å². The topological polar surface area (TPSA) is 90.5 Å². The second kappa shape index (κ2) is 9.13. The number of amides is 1. The number of nitrogens with one attached hydrogen (secondary N) is 3. The Hall–Kier alpha value is -2.47. The third kappa shape index (κ3) is 5.53. The molecule has 1 aromatic carbocycles. The normalized spacial score (nSPS) is 9.92. The van der Waals surface area contributed by atoms with Gasteiger partial charge >= 0.3 is 6.09 Å². The summed E-state index contributed by atoms with van der Waals surface area (Å²) in [6.07, 6.45) is -0.539. The number of hydrogen-bond donors (Lipinski definition) is 3. The van der Waals surface area contributed by atoms with Crippen LogP contribution in [0.3, 0.4) is 0 Å². The second-order valence-electron chi connectivity index (χ2n) is 5.78. The fourth-order valence-corrected chi connectivity index (χ4v) is 2.65. The van der Waals surface area contributed by atoms with Crippen LogP contribution in [-0.2, 0) is 11.3 Å². The Bertz CT molecular complexity index is 727. The van der Waals surface area contributed by atoms with E-state index in [-0.39, 0.29) is 12.4 Å². The van der Waals surface area contributed by atoms with E-state index in [0.29, 0.717) is 24.7 Å². The van der Waals surface area contributed by atoms with Crippen LogP contribution >= 0.6 is 0 Å². The van der Waals surface area contributed by atoms with E-state index in [1.54, 1.807) is 13.0 Å². The van der Waals surface area contributed by atoms with E-state index < -0.39 is 6.09 Å². The van der Waals surface area contributed by atoms with Crippen LogP contribution in [0.5, 0.6) is 0 Å². The molecule has 2 aromatic rings. The van der Waals surface area contributed by atoms with Gasteiger partial charge in [0.15, 0.2) is 0 Å². The van der Waals surface area contributed by atoms with Crippen LogP contribution in [0.25, 0.3) is 0 Å². The SMILES string of the molecule is CCOC(=O)Nc1[nH+]c(NCc2c(C)cc(C)cc2C)ccc1N.[Cl-]. The number of anilines is 3. The molecule has 0 aliphatic rings. The summed E-state index contributed by atoms with van der Waals surface area (Å²) in [5.74, 6) is 1.17. The number of ether oxygens (including phenoxy) is 1. The number of pyridine rings is 1. The highest BCUT2D eigenvalue weighted by Gasteiger charge is 2.14. The zero-order chi connectivity index (χ0) is 17.7. The first kappa shape index (κ1) is 20.6. The van der Waals surface area contributed by atoms with Crippen LogP contribution in [-0.4, -0.2) is 12.7 Å². The smallest absolute Gasteiger partial charge is 0.473 e. The third-order valence-electron chi connectivity index (χ3n) is 3.78. The zero-order valence-corrected chi connectivity index (χ0v) is 15.8. The number of aryl methyl sites for hydroxylation is 3. The highest BCUT2D eigenvalue weighted by Crippen LogP contribution is 2.18. The first-order valence-electron chi connectivity index (χ1n) is 7.97. The molecule has 0 unspecified atom stereocenters. The summed E-state index contributed by atoms with van der Waals surface area (Å²) in [5.41, 5.74) is 11.3. The molecule has 1 aromatic heterocycles. The molecule has 1 amide bonds. The number of aromatic nitrogens is 1. The fourth-order valence-electron chi connectivity index (χ4n) is 2.65. The lowest BCUT2D eigenvalue weighted by atomic mass is 10.00. The summed E-state index contributed by atoms with van der Waals surface area (Å²) in [7, 11) is 0. The van der Waals surface area contributed by atoms with E-state index in [4.69, 9.17) is 10.5 Å². The number of H-pyrrole nitrogens is 1. The Morgan fingerprint density at radius 1 is 1.20 bits per heavy atom. The van der Waals surface area contributed by atoms with Crippen LogP contribution in [0.15, 0.2) is 24.3 Å². The van der Waals surface area contributed by atoms with Crippen molar-refractivity contribution < 1.29 is 26.9 Å². The van der Waals surface area contributed by atoms with Crippen molar-refractivity contribution in [3.63, 3.8) is 0 Å². The van der Waals surface area contributed by atoms with Crippen molar-refractivity contribution in [3.8, 4) is 0 Å². The van der Waals surface area contributed by atoms with E-state index in [1.165, 1.54) is 22.3 Å². The Balaban J connectivity index is 0.00000312. The quantitative estimate of drug-likeness (QED) is 0.706. The summed E-state index contributed by atoms with van der Waals surface area (Å²) in [6, 6.07) is 7.91. The number of carbonyl (C=O) groups excluding carboxylic acids is 1. The number of nitrogen functional groups attached to an aromatic ring is 1. The highest BCUT2D eigenvalue weighted by atomic mass is 35.5. The number of nitrogens with two attached hydrogens (primary N) is 1. The van der Waals surface area contributed by atoms with E-state index in [1.807, 2.05) is 6.07 Å². The molecule has 0 radical (unpaired) electrons. The molecule has 2 rings (SSSR count). The lowest BCUT2D eigenvalue weighted by Crippen LogP contribution is -3.00. The first-order valence-corrected chi connectivity index (χ1v) is 7.97. The predicted octanol–water partition coefficient (Wildman–Crippen LogP) is 0.193. The van der Waals surface area contributed by atoms with Gasteiger partial charge in [0.25, 0.3) is 5.82 Å². The molecule has 0 aliphatic heterocycles. The van der Waals surface area contributed by atoms with Crippen molar-refractivity contribution in [1.82, 2.24) is 0 Å². The van der Waals surface area contributed by atoms with E-state index >= 15 is 0 Å². The lowest BCUT2D eigenvalue weighted by molar-refractivity contribution is -0.343. The largest absolute Gasteiger partial charge is 1.00 e. The highest BCUT2D eigenvalue weighted by molar-refractivity contribution is 5.85. The summed E-state index contributed by atoms with van der Waals surface area (Å²) >= 11 is 0. The van der Waals surface area contributed by atoms with E-state index in [9.17, 15) is 4.79 Å². The average molecular weight is 365 g/mol. The summed E-state index contributed by atoms with van der Waals surface area (Å²) < 4.78 is 4.87. The van der Waals surface area contributed by atoms with Crippen molar-refractivity contribution in [1.29, 1.82) is 0 Å². The van der Waals surface area contributed by atoms with Crippen LogP contribution in [0.1, 0.15) is 29.2 Å². The average Bonchev–Trinajstić information content (AvgIpc) is 2.49. The molecule has 25 heavy (non-hydrogen) atoms. The molecule has 0 saturated carbocycles. The minimum absolute atomic E-state index is 0. The third-order valence-corrected chi connectivity index (χ3v) is 3.78. The molecule has 1 heterocycles. The Labute approximate surface area is 154 Å². The van der Waals surface area contributed by atoms with Gasteiger partial charge in [-0.3, -0.25) is 0 Å². The van der Waals surface area contributed by atoms with Crippen LogP contribution in [0.2, 0.25) is 0 Å². The van der Waals surface area contributed by atoms with Crippen molar-refractivity contribution >= 4 is 23.4 Å². The predicted molar refractivity (Wildman–Crippen MR) is 96.0 cm³/mol. The minimum atomic E-state index is -0.539. The number of halogens is 1. The zero-order valence-electron chi connectivity index (χ0n) is 15.0. The molecule has 0 saturated heterocycles. The summed E-state index contributed by atoms with van der Waals surface area (Å²) in [5, 5.41) is 5.93. The molecule has 0 atom stereocenters. The van der Waals surface area contributed by atoms with Gasteiger partial charge in [0.05, 0.1) is 13.2 Å².